The summed E-state index contributed by atoms with van der Waals surface area (Å²) in [5.41, 5.74) is 0. The van der Waals surface area contributed by atoms with E-state index in [-0.39, 0.29) is 0 Å². The van der Waals surface area contributed by atoms with Gasteiger partial charge in [-0.1, -0.05) is 27.2 Å². The molecule has 4 atom stereocenters. The van der Waals surface area contributed by atoms with Crippen molar-refractivity contribution >= 4 is 11.8 Å². The van der Waals surface area contributed by atoms with Gasteiger partial charge in [0.05, 0.1) is 0 Å². The fourth-order valence-corrected chi connectivity index (χ4v) is 5.72. The lowest BCUT2D eigenvalue weighted by Crippen LogP contribution is -2.47. The van der Waals surface area contributed by atoms with Crippen LogP contribution in [0.15, 0.2) is 0 Å². The van der Waals surface area contributed by atoms with E-state index in [1.54, 1.807) is 0 Å². The molecule has 106 valence electrons. The number of hydrogen-bond donors (Lipinski definition) is 1. The van der Waals surface area contributed by atoms with E-state index in [1.807, 2.05) is 0 Å². The van der Waals surface area contributed by atoms with Gasteiger partial charge >= 0.3 is 0 Å². The Bertz CT molecular complexity index is 227. The van der Waals surface area contributed by atoms with Crippen LogP contribution in [0.5, 0.6) is 0 Å². The maximum atomic E-state index is 3.84. The Labute approximate surface area is 118 Å². The van der Waals surface area contributed by atoms with Crippen LogP contribution in [0.2, 0.25) is 0 Å². The molecule has 0 radical (unpaired) electrons. The third-order valence-corrected chi connectivity index (χ3v) is 6.26. The molecule has 1 nitrogen and oxygen atoms in total. The van der Waals surface area contributed by atoms with Gasteiger partial charge < -0.3 is 5.32 Å². The van der Waals surface area contributed by atoms with Crippen LogP contribution in [0.3, 0.4) is 0 Å². The summed E-state index contributed by atoms with van der Waals surface area (Å²) in [7, 11) is 0. The first-order chi connectivity index (χ1) is 8.70. The van der Waals surface area contributed by atoms with Crippen molar-refractivity contribution in [3.63, 3.8) is 0 Å². The van der Waals surface area contributed by atoms with Gasteiger partial charge in [0.1, 0.15) is 0 Å². The molecular weight excluding hydrogens is 238 g/mol. The average Bonchev–Trinajstić information content (AvgIpc) is 2.36. The van der Waals surface area contributed by atoms with Crippen molar-refractivity contribution < 1.29 is 0 Å². The van der Waals surface area contributed by atoms with Crippen LogP contribution in [-0.2, 0) is 0 Å². The SMILES string of the molecule is CCNC(C1CC(C)CC(C)C1)C1CCCCS1. The zero-order valence-corrected chi connectivity index (χ0v) is 13.3. The van der Waals surface area contributed by atoms with Gasteiger partial charge in [0.15, 0.2) is 0 Å². The minimum absolute atomic E-state index is 0.783. The molecule has 0 amide bonds. The van der Waals surface area contributed by atoms with E-state index in [0.717, 1.165) is 35.6 Å². The van der Waals surface area contributed by atoms with E-state index >= 15 is 0 Å². The quantitative estimate of drug-likeness (QED) is 0.815. The summed E-state index contributed by atoms with van der Waals surface area (Å²) in [6.07, 6.45) is 8.71. The second kappa shape index (κ2) is 7.19. The topological polar surface area (TPSA) is 12.0 Å². The number of rotatable bonds is 4. The molecule has 4 unspecified atom stereocenters. The number of hydrogen-bond acceptors (Lipinski definition) is 2. The summed E-state index contributed by atoms with van der Waals surface area (Å²) < 4.78 is 0. The predicted molar refractivity (Wildman–Crippen MR) is 83.2 cm³/mol. The molecule has 2 rings (SSSR count). The standard InChI is InChI=1S/C16H31NS/c1-4-17-16(15-7-5-6-8-18-15)14-10-12(2)9-13(3)11-14/h12-17H,4-11H2,1-3H3. The molecule has 2 fully saturated rings. The maximum absolute atomic E-state index is 3.84. The molecule has 0 aromatic heterocycles. The van der Waals surface area contributed by atoms with E-state index < -0.39 is 0 Å². The summed E-state index contributed by atoms with van der Waals surface area (Å²) in [6.45, 7) is 8.33. The van der Waals surface area contributed by atoms with Crippen LogP contribution >= 0.6 is 11.8 Å². The Hall–Kier alpha value is 0.310. The zero-order valence-electron chi connectivity index (χ0n) is 12.5. The summed E-state index contributed by atoms with van der Waals surface area (Å²) in [6, 6.07) is 0.783. The summed E-state index contributed by atoms with van der Waals surface area (Å²) in [5.74, 6) is 4.20. The molecule has 2 heteroatoms. The molecule has 0 aromatic carbocycles. The van der Waals surface area contributed by atoms with Gasteiger partial charge in [-0.2, -0.15) is 11.8 Å². The molecule has 18 heavy (non-hydrogen) atoms. The summed E-state index contributed by atoms with van der Waals surface area (Å²) in [5, 5.41) is 4.73. The van der Waals surface area contributed by atoms with E-state index in [1.165, 1.54) is 44.3 Å². The smallest absolute Gasteiger partial charge is 0.0214 e. The van der Waals surface area contributed by atoms with Crippen molar-refractivity contribution in [3.05, 3.63) is 0 Å². The Morgan fingerprint density at radius 1 is 1.11 bits per heavy atom. The molecule has 1 saturated carbocycles. The van der Waals surface area contributed by atoms with E-state index in [9.17, 15) is 0 Å². The van der Waals surface area contributed by atoms with Crippen molar-refractivity contribution in [2.75, 3.05) is 12.3 Å². The third kappa shape index (κ3) is 3.90. The molecular formula is C16H31NS. The molecule has 1 heterocycles. The highest BCUT2D eigenvalue weighted by Crippen LogP contribution is 2.39. The van der Waals surface area contributed by atoms with Crippen LogP contribution in [0.25, 0.3) is 0 Å². The van der Waals surface area contributed by atoms with Crippen molar-refractivity contribution in [1.29, 1.82) is 0 Å². The Kier molecular flexibility index (Phi) is 5.88. The molecule has 0 aromatic rings. The van der Waals surface area contributed by atoms with Crippen LogP contribution in [0.4, 0.5) is 0 Å². The average molecular weight is 269 g/mol. The molecule has 1 aliphatic heterocycles. The fraction of sp³-hybridized carbons (Fsp3) is 1.00. The zero-order chi connectivity index (χ0) is 13.0. The Morgan fingerprint density at radius 2 is 1.83 bits per heavy atom. The van der Waals surface area contributed by atoms with E-state index in [2.05, 4.69) is 37.8 Å². The highest BCUT2D eigenvalue weighted by Gasteiger charge is 2.34. The van der Waals surface area contributed by atoms with Crippen molar-refractivity contribution in [2.45, 2.75) is 70.6 Å². The lowest BCUT2D eigenvalue weighted by molar-refractivity contribution is 0.172. The van der Waals surface area contributed by atoms with Crippen LogP contribution in [0, 0.1) is 17.8 Å². The molecule has 1 aliphatic carbocycles. The highest BCUT2D eigenvalue weighted by molar-refractivity contribution is 8.00. The lowest BCUT2D eigenvalue weighted by atomic mass is 9.72. The highest BCUT2D eigenvalue weighted by atomic mass is 32.2. The van der Waals surface area contributed by atoms with Gasteiger partial charge in [0.25, 0.3) is 0 Å². The van der Waals surface area contributed by atoms with Gasteiger partial charge in [0, 0.05) is 11.3 Å². The van der Waals surface area contributed by atoms with Gasteiger partial charge in [-0.15, -0.1) is 0 Å². The van der Waals surface area contributed by atoms with Gasteiger partial charge in [-0.05, 0) is 62.2 Å². The van der Waals surface area contributed by atoms with Crippen LogP contribution in [0.1, 0.15) is 59.3 Å². The molecule has 1 N–H and O–H groups in total. The van der Waals surface area contributed by atoms with Gasteiger partial charge in [-0.3, -0.25) is 0 Å². The van der Waals surface area contributed by atoms with Crippen LogP contribution in [-0.4, -0.2) is 23.6 Å². The summed E-state index contributed by atoms with van der Waals surface area (Å²) >= 11 is 2.24. The van der Waals surface area contributed by atoms with Gasteiger partial charge in [-0.25, -0.2) is 0 Å². The normalized spacial score (nSPS) is 39.5. The van der Waals surface area contributed by atoms with E-state index in [4.69, 9.17) is 0 Å². The Morgan fingerprint density at radius 3 is 2.39 bits per heavy atom. The fourth-order valence-electron chi connectivity index (χ4n) is 4.19. The molecule has 1 saturated heterocycles. The number of thioether (sulfide) groups is 1. The minimum atomic E-state index is 0.783. The molecule has 0 bridgehead atoms. The second-order valence-corrected chi connectivity index (χ2v) is 8.01. The maximum Gasteiger partial charge on any atom is 0.0214 e. The largest absolute Gasteiger partial charge is 0.313 e. The second-order valence-electron chi connectivity index (χ2n) is 6.67. The van der Waals surface area contributed by atoms with Crippen molar-refractivity contribution in [2.24, 2.45) is 17.8 Å². The van der Waals surface area contributed by atoms with Crippen molar-refractivity contribution in [1.82, 2.24) is 5.32 Å². The third-order valence-electron chi connectivity index (χ3n) is 4.78. The molecule has 2 aliphatic rings. The van der Waals surface area contributed by atoms with Crippen molar-refractivity contribution in [3.8, 4) is 0 Å². The predicted octanol–water partition coefficient (Wildman–Crippen LogP) is 4.32. The first-order valence-electron chi connectivity index (χ1n) is 8.05. The van der Waals surface area contributed by atoms with Crippen LogP contribution < -0.4 is 5.32 Å². The lowest BCUT2D eigenvalue weighted by Gasteiger charge is -2.41. The van der Waals surface area contributed by atoms with Gasteiger partial charge in [0.2, 0.25) is 0 Å². The Balaban J connectivity index is 1.98. The first-order valence-corrected chi connectivity index (χ1v) is 9.10. The summed E-state index contributed by atoms with van der Waals surface area (Å²) in [4.78, 5) is 0. The minimum Gasteiger partial charge on any atom is -0.313 e. The van der Waals surface area contributed by atoms with E-state index in [0.29, 0.717) is 0 Å². The monoisotopic (exact) mass is 269 g/mol. The first kappa shape index (κ1) is 14.7. The molecule has 0 spiro atoms. The number of nitrogens with one attached hydrogen (secondary N) is 1.